The fourth-order valence-electron chi connectivity index (χ4n) is 1.45. The van der Waals surface area contributed by atoms with Gasteiger partial charge in [0.25, 0.3) is 5.91 Å². The third-order valence-corrected chi connectivity index (χ3v) is 3.65. The first-order chi connectivity index (χ1) is 9.22. The number of ether oxygens (including phenoxy) is 1. The van der Waals surface area contributed by atoms with E-state index >= 15 is 0 Å². The number of thiocarbonyl (C=S) groups is 1. The van der Waals surface area contributed by atoms with Gasteiger partial charge in [0, 0.05) is 5.56 Å². The lowest BCUT2D eigenvalue weighted by Crippen LogP contribution is -2.22. The molecule has 0 radical (unpaired) electrons. The van der Waals surface area contributed by atoms with E-state index in [1.54, 1.807) is 12.3 Å². The number of hydrazone groups is 1. The van der Waals surface area contributed by atoms with Crippen LogP contribution < -0.4 is 4.74 Å². The van der Waals surface area contributed by atoms with Gasteiger partial charge >= 0.3 is 0 Å². The molecule has 1 aliphatic rings. The SMILES string of the molecule is C=CCOc1ccccc1/C=N\N1C(=O)CSC1=S. The summed E-state index contributed by atoms with van der Waals surface area (Å²) in [6.07, 6.45) is 3.25. The third-order valence-electron chi connectivity index (χ3n) is 2.32. The van der Waals surface area contributed by atoms with E-state index in [4.69, 9.17) is 17.0 Å². The van der Waals surface area contributed by atoms with Crippen molar-refractivity contribution in [2.75, 3.05) is 12.4 Å². The van der Waals surface area contributed by atoms with Crippen LogP contribution in [-0.2, 0) is 4.79 Å². The Morgan fingerprint density at radius 1 is 1.53 bits per heavy atom. The lowest BCUT2D eigenvalue weighted by atomic mass is 10.2. The number of amides is 1. The zero-order chi connectivity index (χ0) is 13.7. The summed E-state index contributed by atoms with van der Waals surface area (Å²) in [5.41, 5.74) is 0.789. The molecule has 0 aromatic heterocycles. The monoisotopic (exact) mass is 292 g/mol. The van der Waals surface area contributed by atoms with Crippen LogP contribution in [0.3, 0.4) is 0 Å². The largest absolute Gasteiger partial charge is 0.489 e. The highest BCUT2D eigenvalue weighted by Crippen LogP contribution is 2.20. The van der Waals surface area contributed by atoms with Crippen LogP contribution in [0.2, 0.25) is 0 Å². The summed E-state index contributed by atoms with van der Waals surface area (Å²) in [6.45, 7) is 4.02. The summed E-state index contributed by atoms with van der Waals surface area (Å²) in [7, 11) is 0. The zero-order valence-corrected chi connectivity index (χ0v) is 11.7. The van der Waals surface area contributed by atoms with Gasteiger partial charge in [-0.25, -0.2) is 0 Å². The molecular formula is C13H12N2O2S2. The van der Waals surface area contributed by atoms with Gasteiger partial charge in [-0.05, 0) is 12.1 Å². The summed E-state index contributed by atoms with van der Waals surface area (Å²) in [6, 6.07) is 7.45. The minimum atomic E-state index is -0.101. The van der Waals surface area contributed by atoms with Gasteiger partial charge in [0.15, 0.2) is 4.32 Å². The van der Waals surface area contributed by atoms with Gasteiger partial charge in [-0.3, -0.25) is 4.79 Å². The van der Waals surface area contributed by atoms with Gasteiger partial charge in [-0.1, -0.05) is 48.8 Å². The Balaban J connectivity index is 2.16. The van der Waals surface area contributed by atoms with E-state index in [-0.39, 0.29) is 5.91 Å². The predicted octanol–water partition coefficient (Wildman–Crippen LogP) is 2.45. The molecule has 0 aliphatic carbocycles. The Morgan fingerprint density at radius 3 is 3.00 bits per heavy atom. The number of carbonyl (C=O) groups excluding carboxylic acids is 1. The summed E-state index contributed by atoms with van der Waals surface area (Å²) < 4.78 is 5.98. The Labute approximate surface area is 121 Å². The second-order valence-electron chi connectivity index (χ2n) is 3.64. The van der Waals surface area contributed by atoms with E-state index in [1.165, 1.54) is 16.8 Å². The Hall–Kier alpha value is -1.66. The van der Waals surface area contributed by atoms with Crippen LogP contribution in [0.5, 0.6) is 5.75 Å². The summed E-state index contributed by atoms with van der Waals surface area (Å²) in [5, 5.41) is 5.36. The molecular weight excluding hydrogens is 280 g/mol. The minimum Gasteiger partial charge on any atom is -0.489 e. The Kier molecular flexibility index (Phi) is 4.70. The smallest absolute Gasteiger partial charge is 0.259 e. The first-order valence-corrected chi connectivity index (χ1v) is 6.98. The quantitative estimate of drug-likeness (QED) is 0.475. The molecule has 1 fully saturated rings. The van der Waals surface area contributed by atoms with Crippen LogP contribution in [0, 0.1) is 0 Å². The van der Waals surface area contributed by atoms with Gasteiger partial charge in [0.2, 0.25) is 0 Å². The molecule has 0 bridgehead atoms. The van der Waals surface area contributed by atoms with Crippen molar-refractivity contribution >= 4 is 40.4 Å². The average Bonchev–Trinajstić information content (AvgIpc) is 2.74. The molecule has 1 amide bonds. The molecule has 1 saturated heterocycles. The van der Waals surface area contributed by atoms with Crippen molar-refractivity contribution in [3.8, 4) is 5.75 Å². The number of benzene rings is 1. The number of para-hydroxylation sites is 1. The van der Waals surface area contributed by atoms with Crippen LogP contribution in [0.15, 0.2) is 42.0 Å². The second-order valence-corrected chi connectivity index (χ2v) is 5.25. The van der Waals surface area contributed by atoms with Crippen LogP contribution in [0.25, 0.3) is 0 Å². The van der Waals surface area contributed by atoms with Crippen LogP contribution >= 0.6 is 24.0 Å². The molecule has 1 aliphatic heterocycles. The first-order valence-electron chi connectivity index (χ1n) is 5.59. The van der Waals surface area contributed by atoms with Crippen molar-refractivity contribution < 1.29 is 9.53 Å². The first kappa shape index (κ1) is 13.8. The lowest BCUT2D eigenvalue weighted by Gasteiger charge is -2.09. The van der Waals surface area contributed by atoms with Crippen LogP contribution in [-0.4, -0.2) is 33.8 Å². The highest BCUT2D eigenvalue weighted by atomic mass is 32.2. The van der Waals surface area contributed by atoms with E-state index in [9.17, 15) is 4.79 Å². The number of carbonyl (C=O) groups is 1. The molecule has 98 valence electrons. The van der Waals surface area contributed by atoms with Gasteiger partial charge in [-0.15, -0.1) is 0 Å². The van der Waals surface area contributed by atoms with Crippen molar-refractivity contribution in [3.63, 3.8) is 0 Å². The standard InChI is InChI=1S/C13H12N2O2S2/c1-2-7-17-11-6-4-3-5-10(11)8-14-15-12(16)9-19-13(15)18/h2-6,8H,1,7,9H2/b14-8-. The number of rotatable bonds is 5. The van der Waals surface area contributed by atoms with Gasteiger partial charge in [-0.2, -0.15) is 10.1 Å². The molecule has 0 N–H and O–H groups in total. The van der Waals surface area contributed by atoms with Crippen LogP contribution in [0.1, 0.15) is 5.56 Å². The summed E-state index contributed by atoms with van der Waals surface area (Å²) in [5.74, 6) is 0.942. The second kappa shape index (κ2) is 6.49. The molecule has 19 heavy (non-hydrogen) atoms. The maximum atomic E-state index is 11.5. The predicted molar refractivity (Wildman–Crippen MR) is 81.6 cm³/mol. The fourth-order valence-corrected chi connectivity index (χ4v) is 2.41. The molecule has 4 nitrogen and oxygen atoms in total. The molecule has 0 spiro atoms. The maximum absolute atomic E-state index is 11.5. The number of nitrogens with zero attached hydrogens (tertiary/aromatic N) is 2. The van der Waals surface area contributed by atoms with Crippen molar-refractivity contribution in [1.82, 2.24) is 5.01 Å². The van der Waals surface area contributed by atoms with Crippen LogP contribution in [0.4, 0.5) is 0 Å². The zero-order valence-electron chi connectivity index (χ0n) is 10.1. The molecule has 0 atom stereocenters. The maximum Gasteiger partial charge on any atom is 0.259 e. The van der Waals surface area contributed by atoms with Crippen molar-refractivity contribution in [2.24, 2.45) is 5.10 Å². The number of hydrogen-bond acceptors (Lipinski definition) is 5. The Morgan fingerprint density at radius 2 is 2.32 bits per heavy atom. The normalized spacial score (nSPS) is 15.3. The molecule has 0 unspecified atom stereocenters. The summed E-state index contributed by atoms with van der Waals surface area (Å²) in [4.78, 5) is 11.5. The average molecular weight is 292 g/mol. The van der Waals surface area contributed by atoms with E-state index in [0.717, 1.165) is 5.56 Å². The molecule has 0 saturated carbocycles. The molecule has 2 rings (SSSR count). The molecule has 6 heteroatoms. The van der Waals surface area contributed by atoms with E-state index in [2.05, 4.69) is 11.7 Å². The fraction of sp³-hybridized carbons (Fsp3) is 0.154. The highest BCUT2D eigenvalue weighted by Gasteiger charge is 2.25. The molecule has 1 heterocycles. The topological polar surface area (TPSA) is 41.9 Å². The van der Waals surface area contributed by atoms with Crippen molar-refractivity contribution in [2.45, 2.75) is 0 Å². The molecule has 1 aromatic rings. The molecule has 1 aromatic carbocycles. The number of thioether (sulfide) groups is 1. The Bertz CT molecular complexity index is 527. The highest BCUT2D eigenvalue weighted by molar-refractivity contribution is 8.23. The van der Waals surface area contributed by atoms with Gasteiger partial charge in [0.05, 0.1) is 12.0 Å². The minimum absolute atomic E-state index is 0.101. The number of hydrogen-bond donors (Lipinski definition) is 0. The van der Waals surface area contributed by atoms with Gasteiger partial charge in [0.1, 0.15) is 12.4 Å². The van der Waals surface area contributed by atoms with E-state index in [1.807, 2.05) is 24.3 Å². The van der Waals surface area contributed by atoms with E-state index in [0.29, 0.717) is 22.4 Å². The van der Waals surface area contributed by atoms with E-state index < -0.39 is 0 Å². The van der Waals surface area contributed by atoms with Crippen molar-refractivity contribution in [1.29, 1.82) is 0 Å². The third kappa shape index (κ3) is 3.42. The van der Waals surface area contributed by atoms with Crippen molar-refractivity contribution in [3.05, 3.63) is 42.5 Å². The van der Waals surface area contributed by atoms with Gasteiger partial charge < -0.3 is 4.74 Å². The summed E-state index contributed by atoms with van der Waals surface area (Å²) >= 11 is 6.36. The lowest BCUT2D eigenvalue weighted by molar-refractivity contribution is -0.123.